The minimum atomic E-state index is 1.15. The number of fused-ring (bicyclic) bond motifs is 7. The van der Waals surface area contributed by atoms with Crippen LogP contribution in [0.5, 0.6) is 0 Å². The lowest BCUT2D eigenvalue weighted by Crippen LogP contribution is -2.10. The van der Waals surface area contributed by atoms with E-state index < -0.39 is 0 Å². The molecule has 0 amide bonds. The number of hydrogen-bond donors (Lipinski definition) is 0. The van der Waals surface area contributed by atoms with E-state index in [2.05, 4.69) is 157 Å². The van der Waals surface area contributed by atoms with E-state index in [-0.39, 0.29) is 0 Å². The first-order valence-corrected chi connectivity index (χ1v) is 16.2. The molecule has 0 radical (unpaired) electrons. The van der Waals surface area contributed by atoms with Gasteiger partial charge in [0.25, 0.3) is 0 Å². The summed E-state index contributed by atoms with van der Waals surface area (Å²) < 4.78 is 5.23. The number of nitrogens with zero attached hydrogens (tertiary/aromatic N) is 1. The number of benzene rings is 7. The van der Waals surface area contributed by atoms with Gasteiger partial charge >= 0.3 is 0 Å². The smallest absolute Gasteiger partial charge is 0.0555 e. The standard InChI is InChI=1S/C40H25NS2/c1-2-15-29-26(11-1)12-8-18-30(29)27-13-7-14-28(25-27)41(33-19-9-23-37-39(33)31-16-3-5-21-35(31)42-37)34-20-10-24-38-40(34)32-17-4-6-22-36(32)43-38/h1-25H. The molecular weight excluding hydrogens is 559 g/mol. The molecule has 0 atom stereocenters. The van der Waals surface area contributed by atoms with Crippen LogP contribution in [0.15, 0.2) is 152 Å². The summed E-state index contributed by atoms with van der Waals surface area (Å²) in [7, 11) is 0. The van der Waals surface area contributed by atoms with E-state index in [0.717, 1.165) is 5.69 Å². The molecule has 0 aliphatic rings. The van der Waals surface area contributed by atoms with Gasteiger partial charge in [0.15, 0.2) is 0 Å². The van der Waals surface area contributed by atoms with E-state index in [1.807, 2.05) is 22.7 Å². The summed E-state index contributed by atoms with van der Waals surface area (Å²) in [5.41, 5.74) is 6.01. The van der Waals surface area contributed by atoms with Crippen LogP contribution >= 0.6 is 22.7 Å². The number of thiophene rings is 2. The predicted octanol–water partition coefficient (Wildman–Crippen LogP) is 12.7. The molecule has 2 aromatic heterocycles. The summed E-state index contributed by atoms with van der Waals surface area (Å²) in [4.78, 5) is 2.50. The van der Waals surface area contributed by atoms with Gasteiger partial charge in [-0.1, -0.05) is 103 Å². The van der Waals surface area contributed by atoms with Crippen LogP contribution in [-0.2, 0) is 0 Å². The Morgan fingerprint density at radius 2 is 0.907 bits per heavy atom. The van der Waals surface area contributed by atoms with Gasteiger partial charge < -0.3 is 4.90 Å². The molecule has 0 aliphatic carbocycles. The fraction of sp³-hybridized carbons (Fsp3) is 0. The largest absolute Gasteiger partial charge is 0.309 e. The van der Waals surface area contributed by atoms with Crippen molar-refractivity contribution < 1.29 is 0 Å². The highest BCUT2D eigenvalue weighted by atomic mass is 32.1. The van der Waals surface area contributed by atoms with Crippen molar-refractivity contribution in [1.29, 1.82) is 0 Å². The second-order valence-electron chi connectivity index (χ2n) is 10.9. The van der Waals surface area contributed by atoms with Gasteiger partial charge in [0, 0.05) is 46.0 Å². The van der Waals surface area contributed by atoms with Gasteiger partial charge in [-0.05, 0) is 70.4 Å². The van der Waals surface area contributed by atoms with E-state index in [9.17, 15) is 0 Å². The van der Waals surface area contributed by atoms with Gasteiger partial charge in [-0.3, -0.25) is 0 Å². The Morgan fingerprint density at radius 3 is 1.58 bits per heavy atom. The van der Waals surface area contributed by atoms with Crippen LogP contribution in [0, 0.1) is 0 Å². The number of hydrogen-bond acceptors (Lipinski definition) is 3. The van der Waals surface area contributed by atoms with E-state index in [4.69, 9.17) is 0 Å². The minimum Gasteiger partial charge on any atom is -0.309 e. The molecule has 0 fully saturated rings. The normalized spacial score (nSPS) is 11.7. The summed E-state index contributed by atoms with van der Waals surface area (Å²) in [6, 6.07) is 55.5. The summed E-state index contributed by atoms with van der Waals surface area (Å²) in [6.07, 6.45) is 0. The zero-order valence-corrected chi connectivity index (χ0v) is 24.8. The maximum Gasteiger partial charge on any atom is 0.0555 e. The highest BCUT2D eigenvalue weighted by molar-refractivity contribution is 7.26. The average molecular weight is 584 g/mol. The van der Waals surface area contributed by atoms with Gasteiger partial charge in [0.05, 0.1) is 11.4 Å². The molecule has 0 N–H and O–H groups in total. The lowest BCUT2D eigenvalue weighted by molar-refractivity contribution is 1.32. The Labute approximate surface area is 257 Å². The van der Waals surface area contributed by atoms with Crippen molar-refractivity contribution in [3.63, 3.8) is 0 Å². The molecule has 7 aromatic carbocycles. The molecule has 0 saturated carbocycles. The summed E-state index contributed by atoms with van der Waals surface area (Å²) in [5.74, 6) is 0. The topological polar surface area (TPSA) is 3.24 Å². The fourth-order valence-corrected chi connectivity index (χ4v) is 8.84. The Kier molecular flexibility index (Phi) is 5.62. The molecule has 3 heteroatoms. The average Bonchev–Trinajstić information content (AvgIpc) is 3.64. The Morgan fingerprint density at radius 1 is 0.395 bits per heavy atom. The molecule has 43 heavy (non-hydrogen) atoms. The van der Waals surface area contributed by atoms with Crippen LogP contribution in [0.4, 0.5) is 17.1 Å². The second kappa shape index (κ2) is 9.81. The molecular formula is C40H25NS2. The third kappa shape index (κ3) is 3.90. The van der Waals surface area contributed by atoms with Gasteiger partial charge in [0.2, 0.25) is 0 Å². The van der Waals surface area contributed by atoms with Crippen LogP contribution in [0.1, 0.15) is 0 Å². The highest BCUT2D eigenvalue weighted by Crippen LogP contribution is 2.49. The SMILES string of the molecule is c1cc(-c2cccc3ccccc23)cc(N(c2cccc3sc4ccccc4c23)c2cccc3sc4ccccc4c23)c1. The van der Waals surface area contributed by atoms with Crippen LogP contribution in [0.3, 0.4) is 0 Å². The van der Waals surface area contributed by atoms with Crippen LogP contribution < -0.4 is 4.90 Å². The second-order valence-corrected chi connectivity index (χ2v) is 13.1. The van der Waals surface area contributed by atoms with Crippen molar-refractivity contribution >= 4 is 90.9 Å². The number of anilines is 3. The van der Waals surface area contributed by atoms with Crippen molar-refractivity contribution in [2.45, 2.75) is 0 Å². The molecule has 1 nitrogen and oxygen atoms in total. The van der Waals surface area contributed by atoms with E-state index in [0.29, 0.717) is 0 Å². The van der Waals surface area contributed by atoms with Gasteiger partial charge in [-0.25, -0.2) is 0 Å². The van der Waals surface area contributed by atoms with Crippen LogP contribution in [0.25, 0.3) is 62.2 Å². The first kappa shape index (κ1) is 24.6. The molecule has 0 bridgehead atoms. The molecule has 0 saturated heterocycles. The monoisotopic (exact) mass is 583 g/mol. The third-order valence-corrected chi connectivity index (χ3v) is 10.7. The zero-order valence-electron chi connectivity index (χ0n) is 23.2. The summed E-state index contributed by atoms with van der Waals surface area (Å²) >= 11 is 3.74. The molecule has 9 aromatic rings. The van der Waals surface area contributed by atoms with E-state index in [1.165, 1.54) is 73.6 Å². The third-order valence-electron chi connectivity index (χ3n) is 8.45. The molecule has 0 aliphatic heterocycles. The van der Waals surface area contributed by atoms with Crippen LogP contribution in [0.2, 0.25) is 0 Å². The van der Waals surface area contributed by atoms with Crippen LogP contribution in [-0.4, -0.2) is 0 Å². The molecule has 9 rings (SSSR count). The van der Waals surface area contributed by atoms with Crippen molar-refractivity contribution in [2.24, 2.45) is 0 Å². The first-order chi connectivity index (χ1) is 21.3. The Balaban J connectivity index is 1.37. The van der Waals surface area contributed by atoms with Gasteiger partial charge in [-0.15, -0.1) is 22.7 Å². The molecule has 0 spiro atoms. The van der Waals surface area contributed by atoms with Gasteiger partial charge in [-0.2, -0.15) is 0 Å². The Bertz CT molecular complexity index is 2360. The lowest BCUT2D eigenvalue weighted by atomic mass is 9.97. The zero-order chi connectivity index (χ0) is 28.3. The van der Waals surface area contributed by atoms with Crippen molar-refractivity contribution in [3.8, 4) is 11.1 Å². The summed E-state index contributed by atoms with van der Waals surface area (Å²) in [5, 5.41) is 7.73. The first-order valence-electron chi connectivity index (χ1n) is 14.5. The van der Waals surface area contributed by atoms with Gasteiger partial charge in [0.1, 0.15) is 0 Å². The Hall–Kier alpha value is -4.96. The highest BCUT2D eigenvalue weighted by Gasteiger charge is 2.22. The minimum absolute atomic E-state index is 1.15. The molecule has 0 unspecified atom stereocenters. The number of rotatable bonds is 4. The van der Waals surface area contributed by atoms with E-state index in [1.54, 1.807) is 0 Å². The van der Waals surface area contributed by atoms with Crippen molar-refractivity contribution in [2.75, 3.05) is 4.90 Å². The molecule has 202 valence electrons. The summed E-state index contributed by atoms with van der Waals surface area (Å²) in [6.45, 7) is 0. The van der Waals surface area contributed by atoms with E-state index >= 15 is 0 Å². The van der Waals surface area contributed by atoms with Crippen molar-refractivity contribution in [1.82, 2.24) is 0 Å². The fourth-order valence-electron chi connectivity index (χ4n) is 6.58. The predicted molar refractivity (Wildman–Crippen MR) is 190 cm³/mol. The maximum atomic E-state index is 2.50. The molecule has 2 heterocycles. The lowest BCUT2D eigenvalue weighted by Gasteiger charge is -2.28. The maximum absolute atomic E-state index is 2.50. The quantitative estimate of drug-likeness (QED) is 0.199. The van der Waals surface area contributed by atoms with Crippen molar-refractivity contribution in [3.05, 3.63) is 152 Å².